The lowest BCUT2D eigenvalue weighted by atomic mass is 10.1. The molecule has 2 aromatic rings. The first-order valence-corrected chi connectivity index (χ1v) is 9.21. The summed E-state index contributed by atoms with van der Waals surface area (Å²) in [6, 6.07) is 8.09. The number of amides is 1. The van der Waals surface area contributed by atoms with E-state index in [9.17, 15) is 4.79 Å². The van der Waals surface area contributed by atoms with Gasteiger partial charge in [-0.05, 0) is 37.5 Å². The molecule has 22 heavy (non-hydrogen) atoms. The van der Waals surface area contributed by atoms with Crippen LogP contribution in [0.4, 0.5) is 11.4 Å². The van der Waals surface area contributed by atoms with Crippen LogP contribution in [0.15, 0.2) is 34.1 Å². The Labute approximate surface area is 138 Å². The molecule has 3 rings (SSSR count). The number of hydrogen-bond acceptors (Lipinski definition) is 6. The van der Waals surface area contributed by atoms with E-state index in [0.29, 0.717) is 5.75 Å². The van der Waals surface area contributed by atoms with Gasteiger partial charge < -0.3 is 10.2 Å². The van der Waals surface area contributed by atoms with E-state index in [-0.39, 0.29) is 5.91 Å². The molecule has 1 aromatic heterocycles. The van der Waals surface area contributed by atoms with Gasteiger partial charge in [0.15, 0.2) is 4.34 Å². The van der Waals surface area contributed by atoms with Crippen LogP contribution >= 0.6 is 23.1 Å². The van der Waals surface area contributed by atoms with Crippen molar-refractivity contribution in [2.24, 2.45) is 0 Å². The van der Waals surface area contributed by atoms with Crippen molar-refractivity contribution in [3.8, 4) is 0 Å². The second kappa shape index (κ2) is 7.60. The fourth-order valence-electron chi connectivity index (χ4n) is 2.48. The second-order valence-electron chi connectivity index (χ2n) is 5.14. The highest BCUT2D eigenvalue weighted by Gasteiger charge is 2.12. The fraction of sp³-hybridized carbons (Fsp3) is 0.400. The van der Waals surface area contributed by atoms with Gasteiger partial charge in [-0.2, -0.15) is 0 Å². The molecule has 5 nitrogen and oxygen atoms in total. The first-order chi connectivity index (χ1) is 10.8. The third-order valence-corrected chi connectivity index (χ3v) is 5.38. The van der Waals surface area contributed by atoms with E-state index in [2.05, 4.69) is 32.5 Å². The predicted octanol–water partition coefficient (Wildman–Crippen LogP) is 3.26. The number of thioether (sulfide) groups is 1. The zero-order valence-electron chi connectivity index (χ0n) is 12.2. The number of carbonyl (C=O) groups excluding carboxylic acids is 1. The van der Waals surface area contributed by atoms with Gasteiger partial charge in [0.25, 0.3) is 0 Å². The fourth-order valence-corrected chi connectivity index (χ4v) is 3.77. The number of nitrogens with zero attached hydrogens (tertiary/aromatic N) is 3. The normalized spacial score (nSPS) is 14.8. The van der Waals surface area contributed by atoms with Gasteiger partial charge in [0, 0.05) is 24.5 Å². The Morgan fingerprint density at radius 1 is 1.32 bits per heavy atom. The monoisotopic (exact) mass is 334 g/mol. The molecule has 0 saturated carbocycles. The lowest BCUT2D eigenvalue weighted by molar-refractivity contribution is -0.113. The van der Waals surface area contributed by atoms with Gasteiger partial charge in [-0.15, -0.1) is 10.2 Å². The topological polar surface area (TPSA) is 58.1 Å². The summed E-state index contributed by atoms with van der Waals surface area (Å²) in [5.74, 6) is 0.333. The molecule has 0 radical (unpaired) electrons. The molecule has 0 atom stereocenters. The van der Waals surface area contributed by atoms with Gasteiger partial charge in [0.2, 0.25) is 5.91 Å². The van der Waals surface area contributed by atoms with Crippen molar-refractivity contribution in [3.05, 3.63) is 29.8 Å². The van der Waals surface area contributed by atoms with Crippen molar-refractivity contribution in [1.29, 1.82) is 0 Å². The Morgan fingerprint density at radius 3 is 2.95 bits per heavy atom. The molecule has 1 N–H and O–H groups in total. The van der Waals surface area contributed by atoms with Crippen LogP contribution < -0.4 is 10.2 Å². The minimum Gasteiger partial charge on any atom is -0.371 e. The highest BCUT2D eigenvalue weighted by molar-refractivity contribution is 8.01. The number of nitrogens with one attached hydrogen (secondary N) is 1. The van der Waals surface area contributed by atoms with E-state index >= 15 is 0 Å². The van der Waals surface area contributed by atoms with Crippen LogP contribution in [0.2, 0.25) is 0 Å². The van der Waals surface area contributed by atoms with Crippen LogP contribution in [-0.2, 0) is 4.79 Å². The van der Waals surface area contributed by atoms with Crippen LogP contribution in [0.3, 0.4) is 0 Å². The number of hydrogen-bond donors (Lipinski definition) is 1. The van der Waals surface area contributed by atoms with Gasteiger partial charge in [0.05, 0.1) is 5.75 Å². The van der Waals surface area contributed by atoms with Crippen LogP contribution in [0, 0.1) is 0 Å². The Bertz CT molecular complexity index is 612. The molecular weight excluding hydrogens is 316 g/mol. The Kier molecular flexibility index (Phi) is 5.29. The number of rotatable bonds is 5. The number of benzene rings is 1. The first-order valence-electron chi connectivity index (χ1n) is 7.35. The summed E-state index contributed by atoms with van der Waals surface area (Å²) < 4.78 is 0.817. The van der Waals surface area contributed by atoms with E-state index in [0.717, 1.165) is 23.1 Å². The third kappa shape index (κ3) is 4.20. The van der Waals surface area contributed by atoms with Gasteiger partial charge in [-0.3, -0.25) is 4.79 Å². The number of carbonyl (C=O) groups is 1. The lowest BCUT2D eigenvalue weighted by Gasteiger charge is -2.29. The molecule has 116 valence electrons. The molecule has 2 heterocycles. The molecule has 0 spiro atoms. The van der Waals surface area contributed by atoms with Crippen LogP contribution in [0.25, 0.3) is 0 Å². The SMILES string of the molecule is O=C(CSc1nncs1)Nc1cccc(N2CCCCC2)c1. The van der Waals surface area contributed by atoms with Gasteiger partial charge in [-0.1, -0.05) is 29.2 Å². The average molecular weight is 334 g/mol. The van der Waals surface area contributed by atoms with Crippen molar-refractivity contribution >= 4 is 40.4 Å². The summed E-state index contributed by atoms with van der Waals surface area (Å²) in [5, 5.41) is 10.6. The van der Waals surface area contributed by atoms with Crippen LogP contribution in [-0.4, -0.2) is 34.9 Å². The van der Waals surface area contributed by atoms with Gasteiger partial charge >= 0.3 is 0 Å². The van der Waals surface area contributed by atoms with Crippen molar-refractivity contribution in [2.45, 2.75) is 23.6 Å². The largest absolute Gasteiger partial charge is 0.371 e. The van der Waals surface area contributed by atoms with E-state index in [4.69, 9.17) is 0 Å². The maximum absolute atomic E-state index is 12.0. The summed E-state index contributed by atoms with van der Waals surface area (Å²) in [6.45, 7) is 2.20. The molecule has 0 bridgehead atoms. The van der Waals surface area contributed by atoms with E-state index in [1.807, 2.05) is 12.1 Å². The van der Waals surface area contributed by atoms with Crippen molar-refractivity contribution < 1.29 is 4.79 Å². The van der Waals surface area contributed by atoms with E-state index in [1.54, 1.807) is 5.51 Å². The van der Waals surface area contributed by atoms with Crippen molar-refractivity contribution in [2.75, 3.05) is 29.1 Å². The summed E-state index contributed by atoms with van der Waals surface area (Å²) in [5.41, 5.74) is 3.71. The summed E-state index contributed by atoms with van der Waals surface area (Å²) in [4.78, 5) is 14.4. The second-order valence-corrected chi connectivity index (χ2v) is 7.20. The maximum Gasteiger partial charge on any atom is 0.234 e. The number of anilines is 2. The molecule has 1 aromatic carbocycles. The molecule has 1 aliphatic rings. The minimum atomic E-state index is -0.0176. The van der Waals surface area contributed by atoms with Crippen molar-refractivity contribution in [3.63, 3.8) is 0 Å². The highest BCUT2D eigenvalue weighted by Crippen LogP contribution is 2.24. The minimum absolute atomic E-state index is 0.0176. The maximum atomic E-state index is 12.0. The average Bonchev–Trinajstić information content (AvgIpc) is 3.08. The summed E-state index contributed by atoms with van der Waals surface area (Å²) >= 11 is 2.86. The predicted molar refractivity (Wildman–Crippen MR) is 91.8 cm³/mol. The van der Waals surface area contributed by atoms with Crippen molar-refractivity contribution in [1.82, 2.24) is 10.2 Å². The van der Waals surface area contributed by atoms with Gasteiger partial charge in [-0.25, -0.2) is 0 Å². The first kappa shape index (κ1) is 15.3. The Hall–Kier alpha value is -1.60. The molecule has 0 aliphatic carbocycles. The van der Waals surface area contributed by atoms with Crippen LogP contribution in [0.1, 0.15) is 19.3 Å². The molecule has 0 unspecified atom stereocenters. The zero-order chi connectivity index (χ0) is 15.2. The standard InChI is InChI=1S/C15H18N4OS2/c20-14(10-21-15-18-16-11-22-15)17-12-5-4-6-13(9-12)19-7-2-1-3-8-19/h4-6,9,11H,1-3,7-8,10H2,(H,17,20). The summed E-state index contributed by atoms with van der Waals surface area (Å²) in [6.07, 6.45) is 3.81. The highest BCUT2D eigenvalue weighted by atomic mass is 32.2. The smallest absolute Gasteiger partial charge is 0.234 e. The number of aromatic nitrogens is 2. The molecule has 1 fully saturated rings. The third-order valence-electron chi connectivity index (χ3n) is 3.52. The summed E-state index contributed by atoms with van der Waals surface area (Å²) in [7, 11) is 0. The molecule has 1 amide bonds. The molecule has 1 aliphatic heterocycles. The molecule has 7 heteroatoms. The van der Waals surface area contributed by atoms with Crippen LogP contribution in [0.5, 0.6) is 0 Å². The van der Waals surface area contributed by atoms with Gasteiger partial charge in [0.1, 0.15) is 5.51 Å². The molecular formula is C15H18N4OS2. The molecule has 1 saturated heterocycles. The lowest BCUT2D eigenvalue weighted by Crippen LogP contribution is -2.29. The Morgan fingerprint density at radius 2 is 2.18 bits per heavy atom. The zero-order valence-corrected chi connectivity index (χ0v) is 13.8. The Balaban J connectivity index is 1.56. The quantitative estimate of drug-likeness (QED) is 0.851. The number of piperidine rings is 1. The van der Waals surface area contributed by atoms with E-state index < -0.39 is 0 Å². The van der Waals surface area contributed by atoms with E-state index in [1.165, 1.54) is 48.0 Å².